The Balaban J connectivity index is 2.65. The Morgan fingerprint density at radius 3 is 2.57 bits per heavy atom. The van der Waals surface area contributed by atoms with Gasteiger partial charge in [-0.1, -0.05) is 6.58 Å². The molecule has 0 unspecified atom stereocenters. The van der Waals surface area contributed by atoms with Crippen LogP contribution < -0.4 is 0 Å². The van der Waals surface area contributed by atoms with Crippen LogP contribution in [0.3, 0.4) is 0 Å². The number of allylic oxidation sites excluding steroid dienone is 1. The smallest absolute Gasteiger partial charge is 0.132 e. The molecular formula is C5H7NO. The summed E-state index contributed by atoms with van der Waals surface area (Å²) in [6.07, 6.45) is 0.735. The Bertz CT molecular complexity index is 103. The first-order valence-electron chi connectivity index (χ1n) is 2.20. The zero-order valence-electron chi connectivity index (χ0n) is 4.03. The molecule has 0 aliphatic carbocycles. The molecule has 0 aromatic heterocycles. The molecule has 38 valence electrons. The molecule has 0 atom stereocenters. The first-order valence-corrected chi connectivity index (χ1v) is 2.20. The highest BCUT2D eigenvalue weighted by Crippen LogP contribution is 2.08. The maximum atomic E-state index is 7.03. The summed E-state index contributed by atoms with van der Waals surface area (Å²) in [7, 11) is 0. The average molecular weight is 97.1 g/mol. The van der Waals surface area contributed by atoms with Crippen molar-refractivity contribution < 1.29 is 4.74 Å². The minimum atomic E-state index is 0.542. The van der Waals surface area contributed by atoms with E-state index >= 15 is 0 Å². The molecular weight excluding hydrogens is 90.1 g/mol. The Kier molecular flexibility index (Phi) is 0.855. The van der Waals surface area contributed by atoms with Gasteiger partial charge >= 0.3 is 0 Å². The molecule has 2 nitrogen and oxygen atoms in total. The lowest BCUT2D eigenvalue weighted by Gasteiger charge is -1.88. The van der Waals surface area contributed by atoms with Crippen molar-refractivity contribution in [2.75, 3.05) is 6.61 Å². The van der Waals surface area contributed by atoms with E-state index in [-0.39, 0.29) is 0 Å². The van der Waals surface area contributed by atoms with E-state index in [2.05, 4.69) is 6.58 Å². The number of ether oxygens (including phenoxy) is 1. The second-order valence-electron chi connectivity index (χ2n) is 1.50. The molecule has 2 heteroatoms. The van der Waals surface area contributed by atoms with Gasteiger partial charge in [-0.15, -0.1) is 0 Å². The monoisotopic (exact) mass is 97.1 g/mol. The minimum absolute atomic E-state index is 0.542. The van der Waals surface area contributed by atoms with Crippen molar-refractivity contribution in [1.82, 2.24) is 0 Å². The highest BCUT2D eigenvalue weighted by atomic mass is 16.5. The van der Waals surface area contributed by atoms with Gasteiger partial charge in [-0.3, -0.25) is 0 Å². The Morgan fingerprint density at radius 1 is 1.71 bits per heavy atom. The Morgan fingerprint density at radius 2 is 2.43 bits per heavy atom. The second kappa shape index (κ2) is 1.37. The fourth-order valence-electron chi connectivity index (χ4n) is 0.503. The first-order chi connectivity index (χ1) is 3.30. The normalized spacial score (nSPS) is 20.0. The standard InChI is InChI=1S/C5H7NO/c1-4-5(6)2-3-7-4/h6H,1-3H2. The van der Waals surface area contributed by atoms with Crippen LogP contribution in [0.15, 0.2) is 12.3 Å². The van der Waals surface area contributed by atoms with Crippen molar-refractivity contribution in [2.45, 2.75) is 6.42 Å². The van der Waals surface area contributed by atoms with Crippen molar-refractivity contribution in [3.8, 4) is 0 Å². The van der Waals surface area contributed by atoms with Gasteiger partial charge in [-0.05, 0) is 0 Å². The quantitative estimate of drug-likeness (QED) is 0.479. The summed E-state index contributed by atoms with van der Waals surface area (Å²) < 4.78 is 4.85. The lowest BCUT2D eigenvalue weighted by Crippen LogP contribution is -1.86. The zero-order chi connectivity index (χ0) is 5.28. The maximum absolute atomic E-state index is 7.03. The third-order valence-corrected chi connectivity index (χ3v) is 0.965. The molecule has 1 rings (SSSR count). The van der Waals surface area contributed by atoms with Gasteiger partial charge in [0.15, 0.2) is 0 Å². The predicted molar refractivity (Wildman–Crippen MR) is 27.4 cm³/mol. The van der Waals surface area contributed by atoms with Gasteiger partial charge in [0.25, 0.3) is 0 Å². The summed E-state index contributed by atoms with van der Waals surface area (Å²) in [6.45, 7) is 4.14. The molecule has 1 fully saturated rings. The van der Waals surface area contributed by atoms with Crippen LogP contribution in [-0.4, -0.2) is 12.3 Å². The molecule has 1 saturated heterocycles. The van der Waals surface area contributed by atoms with Crippen molar-refractivity contribution >= 4 is 5.71 Å². The van der Waals surface area contributed by atoms with Gasteiger partial charge in [0, 0.05) is 6.42 Å². The molecule has 0 aromatic rings. The van der Waals surface area contributed by atoms with E-state index in [4.69, 9.17) is 10.1 Å². The molecule has 0 spiro atoms. The molecule has 1 aliphatic rings. The summed E-state index contributed by atoms with van der Waals surface area (Å²) >= 11 is 0. The van der Waals surface area contributed by atoms with Gasteiger partial charge < -0.3 is 10.1 Å². The van der Waals surface area contributed by atoms with E-state index < -0.39 is 0 Å². The summed E-state index contributed by atoms with van der Waals surface area (Å²) in [5.41, 5.74) is 0.542. The van der Waals surface area contributed by atoms with Crippen molar-refractivity contribution in [2.24, 2.45) is 0 Å². The fraction of sp³-hybridized carbons (Fsp3) is 0.400. The molecule has 1 heterocycles. The highest BCUT2D eigenvalue weighted by molar-refractivity contribution is 5.96. The van der Waals surface area contributed by atoms with E-state index in [0.29, 0.717) is 18.1 Å². The molecule has 0 amide bonds. The third-order valence-electron chi connectivity index (χ3n) is 0.965. The molecule has 0 aromatic carbocycles. The van der Waals surface area contributed by atoms with Crippen LogP contribution in [0.2, 0.25) is 0 Å². The minimum Gasteiger partial charge on any atom is -0.492 e. The van der Waals surface area contributed by atoms with E-state index in [9.17, 15) is 0 Å². The van der Waals surface area contributed by atoms with E-state index in [1.165, 1.54) is 0 Å². The molecule has 0 bridgehead atoms. The van der Waals surface area contributed by atoms with E-state index in [1.807, 2.05) is 0 Å². The maximum Gasteiger partial charge on any atom is 0.132 e. The van der Waals surface area contributed by atoms with Gasteiger partial charge in [0.05, 0.1) is 12.3 Å². The highest BCUT2D eigenvalue weighted by Gasteiger charge is 2.10. The van der Waals surface area contributed by atoms with Crippen molar-refractivity contribution in [3.63, 3.8) is 0 Å². The van der Waals surface area contributed by atoms with Gasteiger partial charge in [0.2, 0.25) is 0 Å². The Hall–Kier alpha value is -0.790. The van der Waals surface area contributed by atoms with Crippen LogP contribution in [0, 0.1) is 5.41 Å². The summed E-state index contributed by atoms with van der Waals surface area (Å²) in [4.78, 5) is 0. The molecule has 0 radical (unpaired) electrons. The van der Waals surface area contributed by atoms with Crippen LogP contribution in [0.25, 0.3) is 0 Å². The van der Waals surface area contributed by atoms with Crippen LogP contribution in [0.5, 0.6) is 0 Å². The van der Waals surface area contributed by atoms with Crippen LogP contribution in [0.1, 0.15) is 6.42 Å². The second-order valence-corrected chi connectivity index (χ2v) is 1.50. The summed E-state index contributed by atoms with van der Waals surface area (Å²) in [5.74, 6) is 0.542. The van der Waals surface area contributed by atoms with Crippen LogP contribution in [0.4, 0.5) is 0 Å². The summed E-state index contributed by atoms with van der Waals surface area (Å²) in [5, 5.41) is 7.03. The molecule has 7 heavy (non-hydrogen) atoms. The number of nitrogens with one attached hydrogen (secondary N) is 1. The lowest BCUT2D eigenvalue weighted by atomic mass is 10.3. The van der Waals surface area contributed by atoms with Crippen LogP contribution in [-0.2, 0) is 4.74 Å². The predicted octanol–water partition coefficient (Wildman–Crippen LogP) is 0.940. The first kappa shape index (κ1) is 4.37. The SMILES string of the molecule is C=C1OCCC1=N. The number of rotatable bonds is 0. The molecule has 0 saturated carbocycles. The van der Waals surface area contributed by atoms with E-state index in [1.54, 1.807) is 0 Å². The van der Waals surface area contributed by atoms with Crippen LogP contribution >= 0.6 is 0 Å². The van der Waals surface area contributed by atoms with Gasteiger partial charge in [0.1, 0.15) is 5.76 Å². The average Bonchev–Trinajstić information content (AvgIpc) is 1.91. The van der Waals surface area contributed by atoms with Gasteiger partial charge in [-0.2, -0.15) is 0 Å². The van der Waals surface area contributed by atoms with Crippen molar-refractivity contribution in [1.29, 1.82) is 5.41 Å². The lowest BCUT2D eigenvalue weighted by molar-refractivity contribution is 0.268. The zero-order valence-corrected chi connectivity index (χ0v) is 4.03. The van der Waals surface area contributed by atoms with Crippen molar-refractivity contribution in [3.05, 3.63) is 12.3 Å². The molecule has 1 N–H and O–H groups in total. The molecule has 1 aliphatic heterocycles. The summed E-state index contributed by atoms with van der Waals surface area (Å²) in [6, 6.07) is 0. The fourth-order valence-corrected chi connectivity index (χ4v) is 0.503. The third kappa shape index (κ3) is 0.633. The van der Waals surface area contributed by atoms with E-state index in [0.717, 1.165) is 6.42 Å². The topological polar surface area (TPSA) is 33.1 Å². The number of hydrogen-bond donors (Lipinski definition) is 1. The largest absolute Gasteiger partial charge is 0.492 e. The van der Waals surface area contributed by atoms with Gasteiger partial charge in [-0.25, -0.2) is 0 Å². The Labute approximate surface area is 42.3 Å². The number of hydrogen-bond acceptors (Lipinski definition) is 2.